The van der Waals surface area contributed by atoms with Gasteiger partial charge >= 0.3 is 0 Å². The number of hydrogen-bond donors (Lipinski definition) is 1. The summed E-state index contributed by atoms with van der Waals surface area (Å²) < 4.78 is 18.8. The molecular weight excluding hydrogens is 295 g/mol. The molecule has 3 heterocycles. The van der Waals surface area contributed by atoms with E-state index in [2.05, 4.69) is 4.98 Å². The minimum atomic E-state index is -0.220. The maximum absolute atomic E-state index is 13.3. The molecule has 4 rings (SSSR count). The first-order valence-corrected chi connectivity index (χ1v) is 8.39. The Labute approximate surface area is 134 Å². The summed E-state index contributed by atoms with van der Waals surface area (Å²) in [6.45, 7) is 2.25. The predicted molar refractivity (Wildman–Crippen MR) is 85.8 cm³/mol. The summed E-state index contributed by atoms with van der Waals surface area (Å²) in [6, 6.07) is 6.86. The summed E-state index contributed by atoms with van der Waals surface area (Å²) in [6.07, 6.45) is 3.49. The van der Waals surface area contributed by atoms with Crippen molar-refractivity contribution in [3.8, 4) is 0 Å². The van der Waals surface area contributed by atoms with Gasteiger partial charge in [0.2, 0.25) is 0 Å². The highest BCUT2D eigenvalue weighted by atomic mass is 19.1. The Bertz CT molecular complexity index is 713. The van der Waals surface area contributed by atoms with E-state index in [4.69, 9.17) is 4.74 Å². The van der Waals surface area contributed by atoms with Crippen molar-refractivity contribution in [2.45, 2.75) is 37.7 Å². The van der Waals surface area contributed by atoms with Crippen molar-refractivity contribution >= 4 is 16.8 Å². The van der Waals surface area contributed by atoms with E-state index in [0.717, 1.165) is 55.4 Å². The zero-order valence-electron chi connectivity index (χ0n) is 13.1. The Kier molecular flexibility index (Phi) is 3.81. The van der Waals surface area contributed by atoms with Gasteiger partial charge in [0.05, 0.1) is 0 Å². The van der Waals surface area contributed by atoms with Gasteiger partial charge in [-0.05, 0) is 49.9 Å². The van der Waals surface area contributed by atoms with E-state index in [9.17, 15) is 9.18 Å². The fraction of sp³-hybridized carbons (Fsp3) is 0.500. The molecule has 1 unspecified atom stereocenters. The average molecular weight is 316 g/mol. The van der Waals surface area contributed by atoms with Crippen LogP contribution in [0.15, 0.2) is 24.3 Å². The zero-order chi connectivity index (χ0) is 15.8. The van der Waals surface area contributed by atoms with Crippen molar-refractivity contribution in [1.29, 1.82) is 0 Å². The summed E-state index contributed by atoms with van der Waals surface area (Å²) in [4.78, 5) is 17.7. The van der Waals surface area contributed by atoms with Gasteiger partial charge in [-0.15, -0.1) is 0 Å². The van der Waals surface area contributed by atoms with Gasteiger partial charge in [0.15, 0.2) is 0 Å². The highest BCUT2D eigenvalue weighted by Gasteiger charge is 2.31. The summed E-state index contributed by atoms with van der Waals surface area (Å²) in [7, 11) is 0. The molecule has 4 nitrogen and oxygen atoms in total. The third kappa shape index (κ3) is 2.85. The quantitative estimate of drug-likeness (QED) is 0.925. The number of benzene rings is 1. The van der Waals surface area contributed by atoms with E-state index in [1.165, 1.54) is 6.07 Å². The SMILES string of the molecule is O=C(C1CCCO1)N1CCC(c2cc3cc(F)ccc3[nH]2)CC1. The van der Waals surface area contributed by atoms with Crippen LogP contribution in [-0.4, -0.2) is 41.6 Å². The third-order valence-corrected chi connectivity index (χ3v) is 5.06. The summed E-state index contributed by atoms with van der Waals surface area (Å²) >= 11 is 0. The van der Waals surface area contributed by atoms with E-state index in [-0.39, 0.29) is 17.8 Å². The number of nitrogens with one attached hydrogen (secondary N) is 1. The van der Waals surface area contributed by atoms with Crippen LogP contribution in [0.5, 0.6) is 0 Å². The number of ether oxygens (including phenoxy) is 1. The van der Waals surface area contributed by atoms with E-state index in [1.54, 1.807) is 12.1 Å². The predicted octanol–water partition coefficient (Wildman–Crippen LogP) is 3.19. The lowest BCUT2D eigenvalue weighted by Gasteiger charge is -2.33. The number of nitrogens with zero attached hydrogens (tertiary/aromatic N) is 1. The second kappa shape index (κ2) is 5.96. The molecule has 0 spiro atoms. The molecule has 2 aliphatic rings. The molecule has 1 aromatic carbocycles. The minimum Gasteiger partial charge on any atom is -0.368 e. The van der Waals surface area contributed by atoms with Crippen molar-refractivity contribution < 1.29 is 13.9 Å². The molecule has 1 atom stereocenters. The first-order valence-electron chi connectivity index (χ1n) is 8.39. The maximum Gasteiger partial charge on any atom is 0.251 e. The smallest absolute Gasteiger partial charge is 0.251 e. The largest absolute Gasteiger partial charge is 0.368 e. The Balaban J connectivity index is 1.43. The number of fused-ring (bicyclic) bond motifs is 1. The number of carbonyl (C=O) groups excluding carboxylic acids is 1. The number of aromatic nitrogens is 1. The monoisotopic (exact) mass is 316 g/mol. The second-order valence-electron chi connectivity index (χ2n) is 6.56. The number of amides is 1. The lowest BCUT2D eigenvalue weighted by atomic mass is 9.93. The molecule has 1 aromatic heterocycles. The van der Waals surface area contributed by atoms with E-state index in [1.807, 2.05) is 11.0 Å². The normalized spacial score (nSPS) is 22.8. The lowest BCUT2D eigenvalue weighted by Crippen LogP contribution is -2.43. The Hall–Kier alpha value is -1.88. The van der Waals surface area contributed by atoms with Crippen LogP contribution in [0.2, 0.25) is 0 Å². The fourth-order valence-corrected chi connectivity index (χ4v) is 3.73. The van der Waals surface area contributed by atoms with Gasteiger partial charge < -0.3 is 14.6 Å². The van der Waals surface area contributed by atoms with Crippen molar-refractivity contribution in [3.05, 3.63) is 35.8 Å². The first kappa shape index (κ1) is 14.7. The number of rotatable bonds is 2. The summed E-state index contributed by atoms with van der Waals surface area (Å²) in [5.41, 5.74) is 2.12. The molecule has 122 valence electrons. The third-order valence-electron chi connectivity index (χ3n) is 5.06. The van der Waals surface area contributed by atoms with E-state index < -0.39 is 0 Å². The molecule has 0 bridgehead atoms. The molecule has 1 N–H and O–H groups in total. The van der Waals surface area contributed by atoms with Crippen LogP contribution in [0.1, 0.15) is 37.3 Å². The highest BCUT2D eigenvalue weighted by molar-refractivity contribution is 5.82. The minimum absolute atomic E-state index is 0.152. The van der Waals surface area contributed by atoms with Gasteiger partial charge in [-0.1, -0.05) is 0 Å². The molecular formula is C18H21FN2O2. The Morgan fingerprint density at radius 2 is 2.04 bits per heavy atom. The maximum atomic E-state index is 13.3. The summed E-state index contributed by atoms with van der Waals surface area (Å²) in [5.74, 6) is 0.346. The van der Waals surface area contributed by atoms with Crippen LogP contribution < -0.4 is 0 Å². The van der Waals surface area contributed by atoms with Crippen molar-refractivity contribution in [1.82, 2.24) is 9.88 Å². The van der Waals surface area contributed by atoms with E-state index >= 15 is 0 Å². The topological polar surface area (TPSA) is 45.3 Å². The van der Waals surface area contributed by atoms with Gasteiger partial charge in [0, 0.05) is 42.2 Å². The zero-order valence-corrected chi connectivity index (χ0v) is 13.1. The van der Waals surface area contributed by atoms with Crippen molar-refractivity contribution in [2.75, 3.05) is 19.7 Å². The number of piperidine rings is 1. The summed E-state index contributed by atoms with van der Waals surface area (Å²) in [5, 5.41) is 0.915. The van der Waals surface area contributed by atoms with Crippen molar-refractivity contribution in [3.63, 3.8) is 0 Å². The number of halogens is 1. The second-order valence-corrected chi connectivity index (χ2v) is 6.56. The molecule has 5 heteroatoms. The van der Waals surface area contributed by atoms with Crippen LogP contribution >= 0.6 is 0 Å². The van der Waals surface area contributed by atoms with Gasteiger partial charge in [-0.2, -0.15) is 0 Å². The lowest BCUT2D eigenvalue weighted by molar-refractivity contribution is -0.142. The standard InChI is InChI=1S/C18H21FN2O2/c19-14-3-4-15-13(10-14)11-16(20-15)12-5-7-21(8-6-12)18(22)17-2-1-9-23-17/h3-4,10-12,17,20H,1-2,5-9H2. The molecule has 0 radical (unpaired) electrons. The molecule has 0 aliphatic carbocycles. The first-order chi connectivity index (χ1) is 11.2. The number of H-pyrrole nitrogens is 1. The molecule has 2 aromatic rings. The average Bonchev–Trinajstić information content (AvgIpc) is 3.23. The molecule has 0 saturated carbocycles. The molecule has 2 fully saturated rings. The fourth-order valence-electron chi connectivity index (χ4n) is 3.73. The van der Waals surface area contributed by atoms with Gasteiger partial charge in [0.25, 0.3) is 5.91 Å². The van der Waals surface area contributed by atoms with Crippen LogP contribution in [-0.2, 0) is 9.53 Å². The number of aromatic amines is 1. The molecule has 23 heavy (non-hydrogen) atoms. The van der Waals surface area contributed by atoms with Gasteiger partial charge in [-0.3, -0.25) is 4.79 Å². The van der Waals surface area contributed by atoms with Crippen molar-refractivity contribution in [2.24, 2.45) is 0 Å². The Morgan fingerprint density at radius 1 is 1.22 bits per heavy atom. The molecule has 2 aliphatic heterocycles. The van der Waals surface area contributed by atoms with Crippen LogP contribution in [0.3, 0.4) is 0 Å². The van der Waals surface area contributed by atoms with Gasteiger partial charge in [-0.25, -0.2) is 4.39 Å². The highest BCUT2D eigenvalue weighted by Crippen LogP contribution is 2.31. The van der Waals surface area contributed by atoms with E-state index in [0.29, 0.717) is 12.5 Å². The molecule has 1 amide bonds. The van der Waals surface area contributed by atoms with Crippen LogP contribution in [0.25, 0.3) is 10.9 Å². The Morgan fingerprint density at radius 3 is 2.78 bits per heavy atom. The number of carbonyl (C=O) groups is 1. The molecule has 2 saturated heterocycles. The number of likely N-dealkylation sites (tertiary alicyclic amines) is 1. The van der Waals surface area contributed by atoms with Crippen LogP contribution in [0, 0.1) is 5.82 Å². The number of hydrogen-bond acceptors (Lipinski definition) is 2. The van der Waals surface area contributed by atoms with Gasteiger partial charge in [0.1, 0.15) is 11.9 Å². The van der Waals surface area contributed by atoms with Crippen LogP contribution in [0.4, 0.5) is 4.39 Å².